The van der Waals surface area contributed by atoms with Crippen LogP contribution in [0.4, 0.5) is 0 Å². The molecule has 0 bridgehead atoms. The van der Waals surface area contributed by atoms with Gasteiger partial charge < -0.3 is 5.11 Å². The van der Waals surface area contributed by atoms with Crippen LogP contribution in [0.3, 0.4) is 0 Å². The van der Waals surface area contributed by atoms with Gasteiger partial charge in [-0.25, -0.2) is 9.97 Å². The van der Waals surface area contributed by atoms with Crippen LogP contribution >= 0.6 is 22.7 Å². The van der Waals surface area contributed by atoms with E-state index in [1.165, 1.54) is 28.2 Å². The van der Waals surface area contributed by atoms with Gasteiger partial charge in [-0.05, 0) is 31.2 Å². The maximum Gasteiger partial charge on any atom is 0.142 e. The predicted octanol–water partition coefficient (Wildman–Crippen LogP) is 4.37. The van der Waals surface area contributed by atoms with Crippen LogP contribution in [0.2, 0.25) is 0 Å². The highest BCUT2D eigenvalue weighted by molar-refractivity contribution is 7.16. The van der Waals surface area contributed by atoms with Crippen LogP contribution in [0, 0.1) is 12.8 Å². The topological polar surface area (TPSA) is 63.1 Å². The van der Waals surface area contributed by atoms with Gasteiger partial charge in [0, 0.05) is 11.3 Å². The Kier molecular flexibility index (Phi) is 4.98. The molecule has 4 nitrogen and oxygen atoms in total. The minimum atomic E-state index is -0.0503. The van der Waals surface area contributed by atoms with E-state index < -0.39 is 0 Å². The fraction of sp³-hybridized carbons (Fsp3) is 0.350. The van der Waals surface area contributed by atoms with E-state index in [2.05, 4.69) is 34.2 Å². The molecule has 1 aromatic carbocycles. The number of hydrogen-bond acceptors (Lipinski definition) is 6. The molecule has 0 aliphatic heterocycles. The molecule has 0 radical (unpaired) electrons. The second kappa shape index (κ2) is 7.39. The first kappa shape index (κ1) is 17.5. The van der Waals surface area contributed by atoms with Crippen molar-refractivity contribution in [1.82, 2.24) is 9.97 Å². The lowest BCUT2D eigenvalue weighted by Gasteiger charge is -2.34. The quantitative estimate of drug-likeness (QED) is 0.685. The number of thiazole rings is 2. The summed E-state index contributed by atoms with van der Waals surface area (Å²) in [6.45, 7) is 1.87. The molecule has 6 heteroatoms. The molecule has 4 rings (SSSR count). The van der Waals surface area contributed by atoms with E-state index >= 15 is 0 Å². The first-order valence-electron chi connectivity index (χ1n) is 8.73. The fourth-order valence-electron chi connectivity index (χ4n) is 3.43. The lowest BCUT2D eigenvalue weighted by atomic mass is 9.69. The third-order valence-electron chi connectivity index (χ3n) is 4.95. The van der Waals surface area contributed by atoms with E-state index in [0.29, 0.717) is 23.1 Å². The zero-order valence-corrected chi connectivity index (χ0v) is 16.1. The number of Topliss-reactive ketones (excluding diaryl/α,β-unsaturated/α-hetero) is 1. The smallest absolute Gasteiger partial charge is 0.142 e. The number of benzene rings is 1. The first-order valence-corrected chi connectivity index (χ1v) is 10.4. The highest BCUT2D eigenvalue weighted by Crippen LogP contribution is 2.42. The monoisotopic (exact) mass is 384 g/mol. The summed E-state index contributed by atoms with van der Waals surface area (Å²) < 4.78 is 0. The summed E-state index contributed by atoms with van der Waals surface area (Å²) in [5.74, 6) is 0.989. The molecule has 0 unspecified atom stereocenters. The number of ketones is 1. The summed E-state index contributed by atoms with van der Waals surface area (Å²) in [6.07, 6.45) is 2.32. The molecule has 1 N–H and O–H groups in total. The van der Waals surface area contributed by atoms with E-state index in [1.807, 2.05) is 18.4 Å². The number of hydrogen-bond donors (Lipinski definition) is 1. The van der Waals surface area contributed by atoms with Gasteiger partial charge in [-0.3, -0.25) is 4.79 Å². The number of carbonyl (C=O) groups is 1. The molecule has 1 aliphatic carbocycles. The first-order chi connectivity index (χ1) is 12.6. The number of carbonyl (C=O) groups excluding carboxylic acids is 1. The number of aromatic nitrogens is 2. The van der Waals surface area contributed by atoms with Crippen molar-refractivity contribution in [3.63, 3.8) is 0 Å². The molecular weight excluding hydrogens is 364 g/mol. The average Bonchev–Trinajstić information content (AvgIpc) is 3.20. The van der Waals surface area contributed by atoms with Gasteiger partial charge >= 0.3 is 0 Å². The molecule has 0 saturated heterocycles. The van der Waals surface area contributed by atoms with Crippen molar-refractivity contribution in [2.75, 3.05) is 0 Å². The van der Waals surface area contributed by atoms with Crippen LogP contribution in [0.1, 0.15) is 40.0 Å². The predicted molar refractivity (Wildman–Crippen MR) is 104 cm³/mol. The molecule has 3 aromatic rings. The minimum absolute atomic E-state index is 0.0503. The molecule has 0 atom stereocenters. The normalized spacial score (nSPS) is 19.3. The Labute approximate surface area is 160 Å². The van der Waals surface area contributed by atoms with Crippen LogP contribution in [0.15, 0.2) is 35.7 Å². The SMILES string of the molecule is Cc1nc(CO)sc1-c1csc(CC(=O)C2CC(c3ccccc3)C2)n1. The Morgan fingerprint density at radius 2 is 1.96 bits per heavy atom. The van der Waals surface area contributed by atoms with Crippen molar-refractivity contribution in [1.29, 1.82) is 0 Å². The van der Waals surface area contributed by atoms with Gasteiger partial charge in [-0.1, -0.05) is 30.3 Å². The summed E-state index contributed by atoms with van der Waals surface area (Å²) in [6, 6.07) is 10.4. The molecular formula is C20H20N2O2S2. The van der Waals surface area contributed by atoms with Crippen molar-refractivity contribution < 1.29 is 9.90 Å². The molecule has 0 amide bonds. The Morgan fingerprint density at radius 3 is 2.65 bits per heavy atom. The van der Waals surface area contributed by atoms with E-state index in [0.717, 1.165) is 34.1 Å². The lowest BCUT2D eigenvalue weighted by Crippen LogP contribution is -2.30. The Bertz CT molecular complexity index is 911. The molecule has 1 aliphatic rings. The summed E-state index contributed by atoms with van der Waals surface area (Å²) in [7, 11) is 0. The third kappa shape index (κ3) is 3.49. The maximum atomic E-state index is 12.6. The summed E-state index contributed by atoms with van der Waals surface area (Å²) >= 11 is 2.99. The van der Waals surface area contributed by atoms with E-state index in [4.69, 9.17) is 0 Å². The van der Waals surface area contributed by atoms with Crippen molar-refractivity contribution in [3.8, 4) is 10.6 Å². The van der Waals surface area contributed by atoms with Gasteiger partial charge in [0.1, 0.15) is 15.8 Å². The molecule has 26 heavy (non-hydrogen) atoms. The Morgan fingerprint density at radius 1 is 1.19 bits per heavy atom. The van der Waals surface area contributed by atoms with Crippen LogP contribution in [0.5, 0.6) is 0 Å². The molecule has 0 spiro atoms. The summed E-state index contributed by atoms with van der Waals surface area (Å²) in [5, 5.41) is 12.8. The highest BCUT2D eigenvalue weighted by Gasteiger charge is 2.35. The number of rotatable bonds is 6. The van der Waals surface area contributed by atoms with E-state index in [-0.39, 0.29) is 12.5 Å². The second-order valence-electron chi connectivity index (χ2n) is 6.73. The van der Waals surface area contributed by atoms with Crippen LogP contribution in [-0.2, 0) is 17.8 Å². The Hall–Kier alpha value is -1.89. The van der Waals surface area contributed by atoms with Crippen molar-refractivity contribution >= 4 is 28.5 Å². The van der Waals surface area contributed by atoms with Crippen LogP contribution in [-0.4, -0.2) is 20.9 Å². The van der Waals surface area contributed by atoms with Crippen molar-refractivity contribution in [3.05, 3.63) is 57.0 Å². The number of aliphatic hydroxyl groups is 1. The average molecular weight is 385 g/mol. The zero-order valence-electron chi connectivity index (χ0n) is 14.5. The largest absolute Gasteiger partial charge is 0.389 e. The van der Waals surface area contributed by atoms with Crippen molar-refractivity contribution in [2.45, 2.75) is 38.7 Å². The molecule has 134 valence electrons. The summed E-state index contributed by atoms with van der Waals surface area (Å²) in [5.41, 5.74) is 3.09. The summed E-state index contributed by atoms with van der Waals surface area (Å²) in [4.78, 5) is 22.5. The van der Waals surface area contributed by atoms with Crippen molar-refractivity contribution in [2.24, 2.45) is 5.92 Å². The molecule has 2 heterocycles. The number of nitrogens with zero attached hydrogens (tertiary/aromatic N) is 2. The third-order valence-corrected chi connectivity index (χ3v) is 6.96. The lowest BCUT2D eigenvalue weighted by molar-refractivity contribution is -0.125. The van der Waals surface area contributed by atoms with Gasteiger partial charge in [0.15, 0.2) is 0 Å². The van der Waals surface area contributed by atoms with E-state index in [9.17, 15) is 9.90 Å². The number of aliphatic hydroxyl groups excluding tert-OH is 1. The zero-order chi connectivity index (χ0) is 18.1. The van der Waals surface area contributed by atoms with Gasteiger partial charge in [-0.2, -0.15) is 0 Å². The van der Waals surface area contributed by atoms with Gasteiger partial charge in [0.25, 0.3) is 0 Å². The van der Waals surface area contributed by atoms with Gasteiger partial charge in [0.05, 0.1) is 29.3 Å². The Balaban J connectivity index is 1.37. The standard InChI is InChI=1S/C20H20N2O2S2/c1-12-20(26-19(10-23)21-12)16-11-25-18(22-16)9-17(24)15-7-14(8-15)13-5-3-2-4-6-13/h2-6,11,14-15,23H,7-10H2,1H3. The molecule has 1 saturated carbocycles. The van der Waals surface area contributed by atoms with Crippen LogP contribution < -0.4 is 0 Å². The van der Waals surface area contributed by atoms with Gasteiger partial charge in [0.2, 0.25) is 0 Å². The van der Waals surface area contributed by atoms with Crippen LogP contribution in [0.25, 0.3) is 10.6 Å². The highest BCUT2D eigenvalue weighted by atomic mass is 32.1. The van der Waals surface area contributed by atoms with E-state index in [1.54, 1.807) is 0 Å². The second-order valence-corrected chi connectivity index (χ2v) is 8.75. The minimum Gasteiger partial charge on any atom is -0.389 e. The van der Waals surface area contributed by atoms with Gasteiger partial charge in [-0.15, -0.1) is 22.7 Å². The number of aryl methyl sites for hydroxylation is 1. The molecule has 2 aromatic heterocycles. The fourth-order valence-corrected chi connectivity index (χ4v) is 5.18. The maximum absolute atomic E-state index is 12.6. The molecule has 1 fully saturated rings.